The van der Waals surface area contributed by atoms with E-state index in [1.165, 1.54) is 49.4 Å². The van der Waals surface area contributed by atoms with Crippen LogP contribution in [-0.4, -0.2) is 14.2 Å². The van der Waals surface area contributed by atoms with E-state index >= 15 is 0 Å². The Hall–Kier alpha value is -2.60. The molecule has 2 aromatic rings. The Morgan fingerprint density at radius 3 is 1.92 bits per heavy atom. The van der Waals surface area contributed by atoms with Crippen molar-refractivity contribution in [1.29, 1.82) is 0 Å². The molecule has 3 nitrogen and oxygen atoms in total. The van der Waals surface area contributed by atoms with Gasteiger partial charge in [-0.3, -0.25) is 4.79 Å². The van der Waals surface area contributed by atoms with E-state index in [9.17, 15) is 22.0 Å². The molecule has 0 fully saturated rings. The zero-order valence-corrected chi connectivity index (χ0v) is 13.6. The fourth-order valence-electron chi connectivity index (χ4n) is 1.94. The number of carbonyl (C=O) groups excluding carboxylic acids is 1. The van der Waals surface area contributed by atoms with Gasteiger partial charge in [-0.05, 0) is 48.4 Å². The van der Waals surface area contributed by atoms with Gasteiger partial charge in [0.15, 0.2) is 5.78 Å². The summed E-state index contributed by atoms with van der Waals surface area (Å²) in [5, 5.41) is 0.929. The maximum absolute atomic E-state index is 13.0. The first kappa shape index (κ1) is 17.7. The number of hydrogen-bond acceptors (Lipinski definition) is 3. The average Bonchev–Trinajstić information content (AvgIpc) is 2.53. The van der Waals surface area contributed by atoms with Crippen LogP contribution in [0.4, 0.5) is 8.78 Å². The zero-order chi connectivity index (χ0) is 17.7. The topological polar surface area (TPSA) is 51.2 Å². The SMILES string of the molecule is CC(=O)/C=C(\c1ccc(F)cc1)S(=O)(=O)C=Cc1ccc(F)cc1. The maximum atomic E-state index is 13.0. The number of allylic oxidation sites excluding steroid dienone is 1. The van der Waals surface area contributed by atoms with Crippen molar-refractivity contribution in [3.05, 3.63) is 82.8 Å². The summed E-state index contributed by atoms with van der Waals surface area (Å²) < 4.78 is 50.9. The Balaban J connectivity index is 2.42. The second-order valence-electron chi connectivity index (χ2n) is 5.03. The molecule has 0 radical (unpaired) electrons. The van der Waals surface area contributed by atoms with Crippen molar-refractivity contribution in [3.63, 3.8) is 0 Å². The van der Waals surface area contributed by atoms with Crippen LogP contribution in [0.5, 0.6) is 0 Å². The molecule has 2 rings (SSSR count). The normalized spacial score (nSPS) is 12.5. The van der Waals surface area contributed by atoms with E-state index in [1.54, 1.807) is 0 Å². The minimum absolute atomic E-state index is 0.204. The monoisotopic (exact) mass is 348 g/mol. The molecule has 6 heteroatoms. The molecule has 0 saturated carbocycles. The molecule has 0 heterocycles. The summed E-state index contributed by atoms with van der Waals surface area (Å²) in [6, 6.07) is 10.1. The summed E-state index contributed by atoms with van der Waals surface area (Å²) in [5.74, 6) is -1.40. The third-order valence-corrected chi connectivity index (χ3v) is 4.54. The Kier molecular flexibility index (Phi) is 5.41. The van der Waals surface area contributed by atoms with Gasteiger partial charge >= 0.3 is 0 Å². The van der Waals surface area contributed by atoms with Gasteiger partial charge in [0, 0.05) is 11.5 Å². The number of hydrogen-bond donors (Lipinski definition) is 0. The second-order valence-corrected chi connectivity index (χ2v) is 6.83. The number of rotatable bonds is 5. The molecule has 0 aliphatic rings. The van der Waals surface area contributed by atoms with E-state index in [0.29, 0.717) is 5.56 Å². The molecule has 0 atom stereocenters. The van der Waals surface area contributed by atoms with Crippen molar-refractivity contribution in [2.45, 2.75) is 6.92 Å². The molecule has 0 aliphatic carbocycles. The van der Waals surface area contributed by atoms with Crippen molar-refractivity contribution in [1.82, 2.24) is 0 Å². The zero-order valence-electron chi connectivity index (χ0n) is 12.7. The van der Waals surface area contributed by atoms with Gasteiger partial charge in [-0.2, -0.15) is 0 Å². The minimum Gasteiger partial charge on any atom is -0.295 e. The Labute approximate surface area is 138 Å². The van der Waals surface area contributed by atoms with Gasteiger partial charge in [-0.25, -0.2) is 17.2 Å². The number of carbonyl (C=O) groups is 1. The van der Waals surface area contributed by atoms with Crippen LogP contribution in [-0.2, 0) is 14.6 Å². The minimum atomic E-state index is -3.95. The summed E-state index contributed by atoms with van der Waals surface area (Å²) in [7, 11) is -3.95. The van der Waals surface area contributed by atoms with Gasteiger partial charge in [0.05, 0.1) is 4.91 Å². The Morgan fingerprint density at radius 2 is 1.42 bits per heavy atom. The van der Waals surface area contributed by atoms with Gasteiger partial charge in [0.2, 0.25) is 9.84 Å². The predicted octanol–water partition coefficient (Wildman–Crippen LogP) is 3.98. The van der Waals surface area contributed by atoms with Crippen LogP contribution < -0.4 is 0 Å². The Bertz CT molecular complexity index is 894. The maximum Gasteiger partial charge on any atom is 0.200 e. The molecule has 124 valence electrons. The van der Waals surface area contributed by atoms with E-state index in [4.69, 9.17) is 0 Å². The molecule has 0 aromatic heterocycles. The van der Waals surface area contributed by atoms with Gasteiger partial charge < -0.3 is 0 Å². The van der Waals surface area contributed by atoms with Gasteiger partial charge in [0.1, 0.15) is 11.6 Å². The number of benzene rings is 2. The lowest BCUT2D eigenvalue weighted by Crippen LogP contribution is -2.02. The highest BCUT2D eigenvalue weighted by atomic mass is 32.2. The van der Waals surface area contributed by atoms with Gasteiger partial charge in [0.25, 0.3) is 0 Å². The molecular weight excluding hydrogens is 334 g/mol. The largest absolute Gasteiger partial charge is 0.295 e. The highest BCUT2D eigenvalue weighted by Gasteiger charge is 2.17. The standard InChI is InChI=1S/C18H14F2O3S/c1-13(21)12-18(15-4-8-17(20)9-5-15)24(22,23)11-10-14-2-6-16(19)7-3-14/h2-12H,1H3/b11-10?,18-12+. The summed E-state index contributed by atoms with van der Waals surface area (Å²) in [6.45, 7) is 1.22. The summed E-state index contributed by atoms with van der Waals surface area (Å²) in [5.41, 5.74) is 0.691. The third-order valence-electron chi connectivity index (χ3n) is 3.08. The van der Waals surface area contributed by atoms with Crippen molar-refractivity contribution in [2.75, 3.05) is 0 Å². The smallest absolute Gasteiger partial charge is 0.200 e. The first-order valence-electron chi connectivity index (χ1n) is 6.95. The predicted molar refractivity (Wildman–Crippen MR) is 89.4 cm³/mol. The molecule has 24 heavy (non-hydrogen) atoms. The van der Waals surface area contributed by atoms with E-state index in [-0.39, 0.29) is 10.5 Å². The van der Waals surface area contributed by atoms with Crippen LogP contribution in [0.1, 0.15) is 18.1 Å². The quantitative estimate of drug-likeness (QED) is 0.768. The Morgan fingerprint density at radius 1 is 0.917 bits per heavy atom. The first-order chi connectivity index (χ1) is 11.3. The van der Waals surface area contributed by atoms with E-state index in [2.05, 4.69) is 0 Å². The molecule has 2 aromatic carbocycles. The van der Waals surface area contributed by atoms with Crippen LogP contribution in [0.2, 0.25) is 0 Å². The number of sulfone groups is 1. The van der Waals surface area contributed by atoms with Crippen LogP contribution in [0.3, 0.4) is 0 Å². The lowest BCUT2D eigenvalue weighted by molar-refractivity contribution is -0.112. The molecule has 0 spiro atoms. The molecule has 0 aliphatic heterocycles. The molecule has 0 bridgehead atoms. The fraction of sp³-hybridized carbons (Fsp3) is 0.0556. The number of ketones is 1. The number of halogens is 2. The average molecular weight is 348 g/mol. The molecular formula is C18H14F2O3S. The molecule has 0 N–H and O–H groups in total. The summed E-state index contributed by atoms with van der Waals surface area (Å²) >= 11 is 0. The third kappa shape index (κ3) is 4.70. The summed E-state index contributed by atoms with van der Waals surface area (Å²) in [6.07, 6.45) is 2.28. The highest BCUT2D eigenvalue weighted by molar-refractivity contribution is 8.03. The van der Waals surface area contributed by atoms with Crippen molar-refractivity contribution in [2.24, 2.45) is 0 Å². The fourth-order valence-corrected chi connectivity index (χ4v) is 3.22. The van der Waals surface area contributed by atoms with E-state index in [1.807, 2.05) is 0 Å². The lowest BCUT2D eigenvalue weighted by Gasteiger charge is -2.06. The van der Waals surface area contributed by atoms with Crippen LogP contribution in [0, 0.1) is 11.6 Å². The second kappa shape index (κ2) is 7.31. The first-order valence-corrected chi connectivity index (χ1v) is 8.49. The molecule has 0 unspecified atom stereocenters. The van der Waals surface area contributed by atoms with E-state index in [0.717, 1.165) is 23.6 Å². The van der Waals surface area contributed by atoms with Crippen LogP contribution in [0.15, 0.2) is 60.0 Å². The van der Waals surface area contributed by atoms with Crippen LogP contribution in [0.25, 0.3) is 11.0 Å². The van der Waals surface area contributed by atoms with Crippen molar-refractivity contribution in [3.8, 4) is 0 Å². The van der Waals surface area contributed by atoms with E-state index < -0.39 is 27.3 Å². The van der Waals surface area contributed by atoms with Crippen molar-refractivity contribution < 1.29 is 22.0 Å². The molecule has 0 saturated heterocycles. The summed E-state index contributed by atoms with van der Waals surface area (Å²) in [4.78, 5) is 11.1. The van der Waals surface area contributed by atoms with Gasteiger partial charge in [-0.15, -0.1) is 0 Å². The van der Waals surface area contributed by atoms with Crippen molar-refractivity contribution >= 4 is 26.6 Å². The molecule has 0 amide bonds. The van der Waals surface area contributed by atoms with Gasteiger partial charge in [-0.1, -0.05) is 24.3 Å². The van der Waals surface area contributed by atoms with Crippen LogP contribution >= 0.6 is 0 Å². The highest BCUT2D eigenvalue weighted by Crippen LogP contribution is 2.24. The lowest BCUT2D eigenvalue weighted by atomic mass is 10.2.